The van der Waals surface area contributed by atoms with Crippen molar-refractivity contribution in [1.29, 1.82) is 0 Å². The molecule has 0 fully saturated rings. The summed E-state index contributed by atoms with van der Waals surface area (Å²) in [5.74, 6) is -1.08. The van der Waals surface area contributed by atoms with Crippen LogP contribution in [-0.2, 0) is 9.59 Å². The third-order valence-electron chi connectivity index (χ3n) is 4.23. The van der Waals surface area contributed by atoms with E-state index in [1.54, 1.807) is 24.3 Å². The molecule has 2 rings (SSSR count). The van der Waals surface area contributed by atoms with Gasteiger partial charge < -0.3 is 15.7 Å². The maximum absolute atomic E-state index is 12.1. The summed E-state index contributed by atoms with van der Waals surface area (Å²) < 4.78 is 0. The van der Waals surface area contributed by atoms with Crippen molar-refractivity contribution in [3.63, 3.8) is 0 Å². The SMILES string of the molecule is CC(CCC(=O)Nc1ccc(C(=O)NCCC(=O)O)cc1)c1ccccc1. The Kier molecular flexibility index (Phi) is 7.55. The summed E-state index contributed by atoms with van der Waals surface area (Å²) in [6.45, 7) is 2.17. The van der Waals surface area contributed by atoms with Crippen LogP contribution < -0.4 is 10.6 Å². The van der Waals surface area contributed by atoms with Gasteiger partial charge in [-0.15, -0.1) is 0 Å². The van der Waals surface area contributed by atoms with Crippen molar-refractivity contribution in [3.8, 4) is 0 Å². The van der Waals surface area contributed by atoms with Crippen LogP contribution in [0.1, 0.15) is 48.0 Å². The van der Waals surface area contributed by atoms with E-state index in [1.165, 1.54) is 5.56 Å². The highest BCUT2D eigenvalue weighted by atomic mass is 16.4. The van der Waals surface area contributed by atoms with Crippen molar-refractivity contribution in [2.75, 3.05) is 11.9 Å². The molecule has 0 aliphatic carbocycles. The zero-order chi connectivity index (χ0) is 19.6. The Balaban J connectivity index is 1.79. The van der Waals surface area contributed by atoms with Gasteiger partial charge in [0.2, 0.25) is 5.91 Å². The van der Waals surface area contributed by atoms with Crippen molar-refractivity contribution >= 4 is 23.5 Å². The molecule has 6 nitrogen and oxygen atoms in total. The van der Waals surface area contributed by atoms with Gasteiger partial charge in [-0.25, -0.2) is 0 Å². The van der Waals surface area contributed by atoms with Crippen LogP contribution in [0.2, 0.25) is 0 Å². The molecule has 6 heteroatoms. The van der Waals surface area contributed by atoms with Crippen molar-refractivity contribution in [3.05, 3.63) is 65.7 Å². The largest absolute Gasteiger partial charge is 0.481 e. The quantitative estimate of drug-likeness (QED) is 0.632. The topological polar surface area (TPSA) is 95.5 Å². The maximum Gasteiger partial charge on any atom is 0.305 e. The Labute approximate surface area is 158 Å². The standard InChI is InChI=1S/C21H24N2O4/c1-15(16-5-3-2-4-6-16)7-12-19(24)23-18-10-8-17(9-11-18)21(27)22-14-13-20(25)26/h2-6,8-11,15H,7,12-14H2,1H3,(H,22,27)(H,23,24)(H,25,26). The molecule has 0 bridgehead atoms. The molecule has 142 valence electrons. The second-order valence-corrected chi connectivity index (χ2v) is 6.38. The number of aliphatic carboxylic acids is 1. The fourth-order valence-electron chi connectivity index (χ4n) is 2.61. The Hall–Kier alpha value is -3.15. The summed E-state index contributed by atoms with van der Waals surface area (Å²) in [6, 6.07) is 16.6. The van der Waals surface area contributed by atoms with Gasteiger partial charge in [-0.2, -0.15) is 0 Å². The van der Waals surface area contributed by atoms with E-state index >= 15 is 0 Å². The highest BCUT2D eigenvalue weighted by Crippen LogP contribution is 2.20. The minimum Gasteiger partial charge on any atom is -0.481 e. The number of rotatable bonds is 9. The van der Waals surface area contributed by atoms with Crippen molar-refractivity contribution in [1.82, 2.24) is 5.32 Å². The molecule has 3 N–H and O–H groups in total. The zero-order valence-corrected chi connectivity index (χ0v) is 15.3. The molecule has 27 heavy (non-hydrogen) atoms. The van der Waals surface area contributed by atoms with Crippen LogP contribution in [0.15, 0.2) is 54.6 Å². The van der Waals surface area contributed by atoms with Crippen LogP contribution in [0, 0.1) is 0 Å². The first kappa shape index (κ1) is 20.2. The maximum atomic E-state index is 12.1. The first-order valence-electron chi connectivity index (χ1n) is 8.90. The molecule has 0 aromatic heterocycles. The smallest absolute Gasteiger partial charge is 0.305 e. The number of carbonyl (C=O) groups is 3. The first-order chi connectivity index (χ1) is 13.0. The monoisotopic (exact) mass is 368 g/mol. The summed E-state index contributed by atoms with van der Waals surface area (Å²) >= 11 is 0. The molecule has 2 amide bonds. The molecular weight excluding hydrogens is 344 g/mol. The molecule has 0 heterocycles. The van der Waals surface area contributed by atoms with Crippen LogP contribution in [0.3, 0.4) is 0 Å². The van der Waals surface area contributed by atoms with Gasteiger partial charge in [0, 0.05) is 24.2 Å². The molecule has 2 aromatic rings. The second kappa shape index (κ2) is 10.1. The van der Waals surface area contributed by atoms with Crippen LogP contribution in [-0.4, -0.2) is 29.4 Å². The average molecular weight is 368 g/mol. The summed E-state index contributed by atoms with van der Waals surface area (Å²) in [5, 5.41) is 13.9. The van der Waals surface area contributed by atoms with Gasteiger partial charge in [0.1, 0.15) is 0 Å². The molecule has 2 aromatic carbocycles. The highest BCUT2D eigenvalue weighted by Gasteiger charge is 2.10. The van der Waals surface area contributed by atoms with Crippen molar-refractivity contribution in [2.45, 2.75) is 32.1 Å². The molecule has 0 saturated carbocycles. The van der Waals surface area contributed by atoms with Gasteiger partial charge in [-0.1, -0.05) is 37.3 Å². The van der Waals surface area contributed by atoms with E-state index in [9.17, 15) is 14.4 Å². The van der Waals surface area contributed by atoms with Crippen LogP contribution >= 0.6 is 0 Å². The number of amides is 2. The number of anilines is 1. The van der Waals surface area contributed by atoms with E-state index in [2.05, 4.69) is 29.7 Å². The summed E-state index contributed by atoms with van der Waals surface area (Å²) in [7, 11) is 0. The van der Waals surface area contributed by atoms with Crippen molar-refractivity contribution in [2.24, 2.45) is 0 Å². The van der Waals surface area contributed by atoms with Crippen LogP contribution in [0.25, 0.3) is 0 Å². The van der Waals surface area contributed by atoms with Gasteiger partial charge in [0.25, 0.3) is 5.91 Å². The molecule has 0 radical (unpaired) electrons. The Morgan fingerprint density at radius 1 is 0.963 bits per heavy atom. The molecule has 0 spiro atoms. The number of carbonyl (C=O) groups excluding carboxylic acids is 2. The average Bonchev–Trinajstić information content (AvgIpc) is 2.67. The number of hydrogen-bond acceptors (Lipinski definition) is 3. The summed E-state index contributed by atoms with van der Waals surface area (Å²) in [5.41, 5.74) is 2.24. The minimum atomic E-state index is -0.963. The lowest BCUT2D eigenvalue weighted by Gasteiger charge is -2.12. The van der Waals surface area contributed by atoms with Crippen LogP contribution in [0.5, 0.6) is 0 Å². The fourth-order valence-corrected chi connectivity index (χ4v) is 2.61. The zero-order valence-electron chi connectivity index (χ0n) is 15.3. The lowest BCUT2D eigenvalue weighted by Crippen LogP contribution is -2.25. The van der Waals surface area contributed by atoms with E-state index in [1.807, 2.05) is 18.2 Å². The summed E-state index contributed by atoms with van der Waals surface area (Å²) in [4.78, 5) is 34.5. The van der Waals surface area contributed by atoms with E-state index < -0.39 is 5.97 Å². The normalized spacial score (nSPS) is 11.4. The molecule has 0 aliphatic rings. The third kappa shape index (κ3) is 6.93. The lowest BCUT2D eigenvalue weighted by atomic mass is 9.96. The number of hydrogen-bond donors (Lipinski definition) is 3. The number of carboxylic acids is 1. The van der Waals surface area contributed by atoms with Crippen molar-refractivity contribution < 1.29 is 19.5 Å². The van der Waals surface area contributed by atoms with E-state index in [4.69, 9.17) is 5.11 Å². The van der Waals surface area contributed by atoms with Gasteiger partial charge in [-0.05, 0) is 42.2 Å². The predicted molar refractivity (Wildman–Crippen MR) is 104 cm³/mol. The van der Waals surface area contributed by atoms with Gasteiger partial charge >= 0.3 is 5.97 Å². The molecule has 1 unspecified atom stereocenters. The minimum absolute atomic E-state index is 0.0727. The number of benzene rings is 2. The van der Waals surface area contributed by atoms with E-state index in [0.717, 1.165) is 6.42 Å². The Morgan fingerprint density at radius 2 is 1.63 bits per heavy atom. The second-order valence-electron chi connectivity index (χ2n) is 6.38. The summed E-state index contributed by atoms with van der Waals surface area (Å²) in [6.07, 6.45) is 1.04. The highest BCUT2D eigenvalue weighted by molar-refractivity contribution is 5.95. The number of carboxylic acid groups (broad SMARTS) is 1. The van der Waals surface area contributed by atoms with Gasteiger partial charge in [0.15, 0.2) is 0 Å². The van der Waals surface area contributed by atoms with Gasteiger partial charge in [-0.3, -0.25) is 14.4 Å². The fraction of sp³-hybridized carbons (Fsp3) is 0.286. The third-order valence-corrected chi connectivity index (χ3v) is 4.23. The molecule has 0 aliphatic heterocycles. The molecule has 1 atom stereocenters. The Bertz CT molecular complexity index is 773. The molecule has 0 saturated heterocycles. The van der Waals surface area contributed by atoms with E-state index in [0.29, 0.717) is 23.6 Å². The lowest BCUT2D eigenvalue weighted by molar-refractivity contribution is -0.136. The predicted octanol–water partition coefficient (Wildman–Crippen LogP) is 3.41. The van der Waals surface area contributed by atoms with E-state index in [-0.39, 0.29) is 24.8 Å². The van der Waals surface area contributed by atoms with Crippen LogP contribution in [0.4, 0.5) is 5.69 Å². The molecular formula is C21H24N2O4. The first-order valence-corrected chi connectivity index (χ1v) is 8.90. The Morgan fingerprint density at radius 3 is 2.26 bits per heavy atom. The number of nitrogens with one attached hydrogen (secondary N) is 2. The van der Waals surface area contributed by atoms with Gasteiger partial charge in [0.05, 0.1) is 6.42 Å².